The van der Waals surface area contributed by atoms with E-state index in [2.05, 4.69) is 5.32 Å². The van der Waals surface area contributed by atoms with E-state index in [0.717, 1.165) is 9.87 Å². The Hall–Kier alpha value is -2.78. The van der Waals surface area contributed by atoms with Crippen molar-refractivity contribution >= 4 is 44.8 Å². The molecule has 0 fully saturated rings. The number of carbonyl (C=O) groups excluding carboxylic acids is 1. The number of rotatable bonds is 7. The topological polar surface area (TPSA) is 84.9 Å². The second-order valence-electron chi connectivity index (χ2n) is 7.73. The largest absolute Gasteiger partial charge is 0.486 e. The predicted octanol–water partition coefficient (Wildman–Crippen LogP) is 4.90. The molecule has 178 valence electrons. The highest BCUT2D eigenvalue weighted by molar-refractivity contribution is 7.89. The molecule has 10 heteroatoms. The van der Waals surface area contributed by atoms with Gasteiger partial charge in [-0.15, -0.1) is 0 Å². The first-order valence-corrected chi connectivity index (χ1v) is 12.6. The van der Waals surface area contributed by atoms with E-state index < -0.39 is 22.5 Å². The number of sulfonamides is 1. The van der Waals surface area contributed by atoms with Gasteiger partial charge in [-0.3, -0.25) is 4.79 Å². The van der Waals surface area contributed by atoms with E-state index in [1.807, 2.05) is 6.92 Å². The fraction of sp³-hybridized carbons (Fsp3) is 0.208. The van der Waals surface area contributed by atoms with Crippen LogP contribution in [-0.2, 0) is 21.4 Å². The maximum absolute atomic E-state index is 13.4. The lowest BCUT2D eigenvalue weighted by molar-refractivity contribution is -0.116. The summed E-state index contributed by atoms with van der Waals surface area (Å²) >= 11 is 12.3. The third-order valence-electron chi connectivity index (χ3n) is 5.17. The second kappa shape index (κ2) is 10.2. The van der Waals surface area contributed by atoms with Crippen LogP contribution in [0.5, 0.6) is 11.5 Å². The summed E-state index contributed by atoms with van der Waals surface area (Å²) in [4.78, 5) is 13.0. The second-order valence-corrected chi connectivity index (χ2v) is 10.5. The third-order valence-corrected chi connectivity index (χ3v) is 7.56. The van der Waals surface area contributed by atoms with E-state index in [1.165, 1.54) is 18.2 Å². The van der Waals surface area contributed by atoms with Gasteiger partial charge < -0.3 is 14.8 Å². The molecule has 0 radical (unpaired) electrons. The molecule has 34 heavy (non-hydrogen) atoms. The van der Waals surface area contributed by atoms with E-state index in [9.17, 15) is 13.2 Å². The molecule has 1 aliphatic rings. The molecule has 3 aromatic rings. The summed E-state index contributed by atoms with van der Waals surface area (Å²) in [5.74, 6) is 0.587. The number of ether oxygens (including phenoxy) is 2. The van der Waals surface area contributed by atoms with Crippen LogP contribution in [0.1, 0.15) is 11.1 Å². The molecule has 3 aromatic carbocycles. The Morgan fingerprint density at radius 2 is 1.68 bits per heavy atom. The first-order chi connectivity index (χ1) is 16.2. The lowest BCUT2D eigenvalue weighted by atomic mass is 10.2. The van der Waals surface area contributed by atoms with E-state index in [1.54, 1.807) is 42.5 Å². The van der Waals surface area contributed by atoms with Crippen LogP contribution in [0.25, 0.3) is 0 Å². The SMILES string of the molecule is Cc1ccc(S(=O)(=O)N(CC(=O)Nc2ccc3c(c2)OCCO3)Cc2ccc(Cl)cc2Cl)cc1. The summed E-state index contributed by atoms with van der Waals surface area (Å²) in [6.45, 7) is 2.19. The molecule has 1 aliphatic heterocycles. The molecule has 0 bridgehead atoms. The summed E-state index contributed by atoms with van der Waals surface area (Å²) in [7, 11) is -4.01. The summed E-state index contributed by atoms with van der Waals surface area (Å²) < 4.78 is 39.0. The Balaban J connectivity index is 1.59. The standard InChI is InChI=1S/C24H22Cl2N2O5S/c1-16-2-7-20(8-3-16)34(30,31)28(14-17-4-5-18(25)12-21(17)26)15-24(29)27-19-6-9-22-23(13-19)33-11-10-32-22/h2-9,12-13H,10-11,14-15H2,1H3,(H,27,29). The van der Waals surface area contributed by atoms with Crippen LogP contribution in [0.4, 0.5) is 5.69 Å². The Bertz CT molecular complexity index is 1310. The minimum absolute atomic E-state index is 0.0790. The van der Waals surface area contributed by atoms with Crippen molar-refractivity contribution in [2.45, 2.75) is 18.4 Å². The zero-order valence-corrected chi connectivity index (χ0v) is 20.6. The fourth-order valence-electron chi connectivity index (χ4n) is 3.41. The number of carbonyl (C=O) groups is 1. The van der Waals surface area contributed by atoms with Crippen molar-refractivity contribution in [3.63, 3.8) is 0 Å². The number of hydrogen-bond donors (Lipinski definition) is 1. The predicted molar refractivity (Wildman–Crippen MR) is 131 cm³/mol. The monoisotopic (exact) mass is 520 g/mol. The number of hydrogen-bond acceptors (Lipinski definition) is 5. The van der Waals surface area contributed by atoms with E-state index in [-0.39, 0.29) is 11.4 Å². The van der Waals surface area contributed by atoms with Gasteiger partial charge in [-0.1, -0.05) is 47.0 Å². The van der Waals surface area contributed by atoms with Gasteiger partial charge in [0.2, 0.25) is 15.9 Å². The molecule has 1 amide bonds. The van der Waals surface area contributed by atoms with Gasteiger partial charge >= 0.3 is 0 Å². The molecule has 7 nitrogen and oxygen atoms in total. The van der Waals surface area contributed by atoms with Crippen LogP contribution < -0.4 is 14.8 Å². The van der Waals surface area contributed by atoms with E-state index in [4.69, 9.17) is 32.7 Å². The number of fused-ring (bicyclic) bond motifs is 1. The Kier molecular flexibility index (Phi) is 7.33. The zero-order chi connectivity index (χ0) is 24.3. The van der Waals surface area contributed by atoms with Gasteiger partial charge in [0.05, 0.1) is 11.4 Å². The van der Waals surface area contributed by atoms with Gasteiger partial charge in [0.15, 0.2) is 11.5 Å². The molecular formula is C24H22Cl2N2O5S. The molecule has 0 saturated heterocycles. The van der Waals surface area contributed by atoms with Crippen LogP contribution in [0.2, 0.25) is 10.0 Å². The number of aryl methyl sites for hydroxylation is 1. The quantitative estimate of drug-likeness (QED) is 0.478. The zero-order valence-electron chi connectivity index (χ0n) is 18.3. The fourth-order valence-corrected chi connectivity index (χ4v) is 5.25. The molecule has 0 aliphatic carbocycles. The van der Waals surface area contributed by atoms with Crippen molar-refractivity contribution in [1.29, 1.82) is 0 Å². The van der Waals surface area contributed by atoms with Crippen LogP contribution in [-0.4, -0.2) is 38.4 Å². The van der Waals surface area contributed by atoms with Crippen molar-refractivity contribution in [2.75, 3.05) is 25.1 Å². The molecule has 1 heterocycles. The minimum atomic E-state index is -4.01. The normalized spacial score (nSPS) is 13.1. The average molecular weight is 521 g/mol. The molecule has 1 N–H and O–H groups in total. The van der Waals surface area contributed by atoms with Crippen LogP contribution in [0.15, 0.2) is 65.6 Å². The van der Waals surface area contributed by atoms with Gasteiger partial charge in [0.1, 0.15) is 13.2 Å². The van der Waals surface area contributed by atoms with Crippen molar-refractivity contribution in [1.82, 2.24) is 4.31 Å². The number of amides is 1. The number of halogens is 2. The average Bonchev–Trinajstić information content (AvgIpc) is 2.80. The molecule has 0 unspecified atom stereocenters. The van der Waals surface area contributed by atoms with Gasteiger partial charge in [0.25, 0.3) is 0 Å². The summed E-state index contributed by atoms with van der Waals surface area (Å²) in [5, 5.41) is 3.47. The summed E-state index contributed by atoms with van der Waals surface area (Å²) in [6, 6.07) is 16.2. The Morgan fingerprint density at radius 3 is 2.38 bits per heavy atom. The Morgan fingerprint density at radius 1 is 0.971 bits per heavy atom. The molecule has 0 atom stereocenters. The Labute approximate surface area is 208 Å². The van der Waals surface area contributed by atoms with Gasteiger partial charge in [0, 0.05) is 28.3 Å². The molecule has 0 spiro atoms. The van der Waals surface area contributed by atoms with Crippen molar-refractivity contribution in [3.05, 3.63) is 81.8 Å². The first-order valence-electron chi connectivity index (χ1n) is 10.4. The third kappa shape index (κ3) is 5.64. The van der Waals surface area contributed by atoms with Gasteiger partial charge in [-0.2, -0.15) is 4.31 Å². The highest BCUT2D eigenvalue weighted by Gasteiger charge is 2.28. The van der Waals surface area contributed by atoms with Gasteiger partial charge in [-0.25, -0.2) is 8.42 Å². The molecule has 0 aromatic heterocycles. The lowest BCUT2D eigenvalue weighted by Gasteiger charge is -2.23. The van der Waals surface area contributed by atoms with Crippen LogP contribution in [0.3, 0.4) is 0 Å². The highest BCUT2D eigenvalue weighted by atomic mass is 35.5. The molecule has 4 rings (SSSR count). The number of nitrogens with one attached hydrogen (secondary N) is 1. The lowest BCUT2D eigenvalue weighted by Crippen LogP contribution is -2.37. The first kappa shape index (κ1) is 24.3. The number of benzene rings is 3. The smallest absolute Gasteiger partial charge is 0.243 e. The summed E-state index contributed by atoms with van der Waals surface area (Å²) in [5.41, 5.74) is 1.91. The molecular weight excluding hydrogens is 499 g/mol. The van der Waals surface area contributed by atoms with E-state index in [0.29, 0.717) is 46.0 Å². The maximum Gasteiger partial charge on any atom is 0.243 e. The highest BCUT2D eigenvalue weighted by Crippen LogP contribution is 2.32. The maximum atomic E-state index is 13.4. The molecule has 0 saturated carbocycles. The van der Waals surface area contributed by atoms with E-state index >= 15 is 0 Å². The number of anilines is 1. The minimum Gasteiger partial charge on any atom is -0.486 e. The van der Waals surface area contributed by atoms with Gasteiger partial charge in [-0.05, 0) is 48.9 Å². The van der Waals surface area contributed by atoms with Crippen molar-refractivity contribution < 1.29 is 22.7 Å². The van der Waals surface area contributed by atoms with Crippen LogP contribution in [0, 0.1) is 6.92 Å². The van der Waals surface area contributed by atoms with Crippen molar-refractivity contribution in [3.8, 4) is 11.5 Å². The number of nitrogens with zero attached hydrogens (tertiary/aromatic N) is 1. The van der Waals surface area contributed by atoms with Crippen molar-refractivity contribution in [2.24, 2.45) is 0 Å². The summed E-state index contributed by atoms with van der Waals surface area (Å²) in [6.07, 6.45) is 0. The van der Waals surface area contributed by atoms with Crippen LogP contribution >= 0.6 is 23.2 Å².